The first-order valence-electron chi connectivity index (χ1n) is 17.7. The maximum atomic E-state index is 14.5. The van der Waals surface area contributed by atoms with Gasteiger partial charge < -0.3 is 20.6 Å². The Labute approximate surface area is 326 Å². The Morgan fingerprint density at radius 3 is 2.20 bits per heavy atom. The third kappa shape index (κ3) is 7.86. The monoisotopic (exact) mass is 790 g/mol. The summed E-state index contributed by atoms with van der Waals surface area (Å²) in [4.78, 5) is 41.0. The standard InChI is InChI=1S/C41H44Cl2N4O6S/c1-24(2)54(52,53)46-37(48)26-12-10-25(11-13-26)22-47-23-41(31-20-28(42)16-19-33(31)47)34(21-40(3,4)5)45-36(35(41)30-8-6-7-9-32(30)43)38(49)44-29-17-14-27(15-18-29)39(50)51/h6-20,24,34-36,45H,21-23H2,1-5H3,(H,44,49)(H,46,48)(H,50,51)/t34-,35-,36+,41-/m0/s1. The second-order valence-electron chi connectivity index (χ2n) is 15.6. The first-order valence-corrected chi connectivity index (χ1v) is 20.0. The number of halogens is 2. The summed E-state index contributed by atoms with van der Waals surface area (Å²) in [6.07, 6.45) is 0.702. The molecule has 0 radical (unpaired) electrons. The highest BCUT2D eigenvalue weighted by Crippen LogP contribution is 2.58. The van der Waals surface area contributed by atoms with E-state index in [9.17, 15) is 27.9 Å². The van der Waals surface area contributed by atoms with E-state index in [-0.39, 0.29) is 28.5 Å². The van der Waals surface area contributed by atoms with E-state index in [0.717, 1.165) is 22.4 Å². The molecular formula is C41H44Cl2N4O6S. The van der Waals surface area contributed by atoms with Gasteiger partial charge in [-0.2, -0.15) is 0 Å². The number of rotatable bonds is 10. The summed E-state index contributed by atoms with van der Waals surface area (Å²) in [6.45, 7) is 10.5. The summed E-state index contributed by atoms with van der Waals surface area (Å²) in [5, 5.41) is 16.5. The van der Waals surface area contributed by atoms with Gasteiger partial charge in [0.25, 0.3) is 5.91 Å². The summed E-state index contributed by atoms with van der Waals surface area (Å²) in [5.41, 5.74) is 3.58. The van der Waals surface area contributed by atoms with Gasteiger partial charge in [-0.05, 0) is 103 Å². The lowest BCUT2D eigenvalue weighted by molar-refractivity contribution is -0.118. The summed E-state index contributed by atoms with van der Waals surface area (Å²) in [6, 6.07) is 25.4. The van der Waals surface area contributed by atoms with Crippen LogP contribution in [0.15, 0.2) is 91.0 Å². The van der Waals surface area contributed by atoms with Gasteiger partial charge in [0.1, 0.15) is 0 Å². The van der Waals surface area contributed by atoms with Gasteiger partial charge in [-0.3, -0.25) is 9.59 Å². The smallest absolute Gasteiger partial charge is 0.335 e. The molecule has 10 nitrogen and oxygen atoms in total. The van der Waals surface area contributed by atoms with Crippen molar-refractivity contribution in [3.05, 3.63) is 129 Å². The topological polar surface area (TPSA) is 145 Å². The van der Waals surface area contributed by atoms with E-state index in [1.54, 1.807) is 24.3 Å². The number of nitrogens with zero attached hydrogens (tertiary/aromatic N) is 1. The second-order valence-corrected chi connectivity index (χ2v) is 18.7. The van der Waals surface area contributed by atoms with Crippen LogP contribution in [0.25, 0.3) is 0 Å². The lowest BCUT2D eigenvalue weighted by atomic mass is 9.63. The van der Waals surface area contributed by atoms with Crippen LogP contribution in [-0.2, 0) is 26.8 Å². The van der Waals surface area contributed by atoms with E-state index in [1.165, 1.54) is 26.0 Å². The van der Waals surface area contributed by atoms with Crippen LogP contribution in [0.3, 0.4) is 0 Å². The van der Waals surface area contributed by atoms with Crippen LogP contribution in [0, 0.1) is 5.41 Å². The highest BCUT2D eigenvalue weighted by Gasteiger charge is 2.62. The fourth-order valence-corrected chi connectivity index (χ4v) is 8.83. The van der Waals surface area contributed by atoms with Gasteiger partial charge >= 0.3 is 5.97 Å². The van der Waals surface area contributed by atoms with Gasteiger partial charge in [0.05, 0.1) is 16.9 Å². The van der Waals surface area contributed by atoms with Gasteiger partial charge in [-0.1, -0.05) is 74.3 Å². The molecule has 0 aliphatic carbocycles. The zero-order valence-corrected chi connectivity index (χ0v) is 33.0. The van der Waals surface area contributed by atoms with Crippen molar-refractivity contribution in [3.8, 4) is 0 Å². The molecule has 13 heteroatoms. The van der Waals surface area contributed by atoms with Crippen LogP contribution in [0.1, 0.15) is 84.4 Å². The first-order chi connectivity index (χ1) is 25.4. The minimum atomic E-state index is -3.79. The van der Waals surface area contributed by atoms with Crippen LogP contribution >= 0.6 is 23.2 Å². The number of hydrogen-bond donors (Lipinski definition) is 4. The maximum Gasteiger partial charge on any atom is 0.335 e. The quantitative estimate of drug-likeness (QED) is 0.129. The summed E-state index contributed by atoms with van der Waals surface area (Å²) < 4.78 is 26.8. The molecule has 54 heavy (non-hydrogen) atoms. The Bertz CT molecular complexity index is 2190. The molecule has 0 bridgehead atoms. The molecule has 4 atom stereocenters. The molecule has 284 valence electrons. The molecule has 6 rings (SSSR count). The predicted octanol–water partition coefficient (Wildman–Crippen LogP) is 7.62. The molecule has 4 aromatic carbocycles. The summed E-state index contributed by atoms with van der Waals surface area (Å²) >= 11 is 13.8. The van der Waals surface area contributed by atoms with E-state index in [0.29, 0.717) is 35.2 Å². The average molecular weight is 792 g/mol. The van der Waals surface area contributed by atoms with Crippen LogP contribution in [0.4, 0.5) is 11.4 Å². The van der Waals surface area contributed by atoms with Gasteiger partial charge in [0, 0.05) is 57.4 Å². The number of sulfonamides is 1. The van der Waals surface area contributed by atoms with Gasteiger partial charge in [-0.15, -0.1) is 0 Å². The van der Waals surface area contributed by atoms with E-state index in [4.69, 9.17) is 23.2 Å². The molecule has 1 saturated heterocycles. The van der Waals surface area contributed by atoms with Gasteiger partial charge in [0.2, 0.25) is 15.9 Å². The maximum absolute atomic E-state index is 14.5. The minimum Gasteiger partial charge on any atom is -0.478 e. The van der Waals surface area contributed by atoms with Gasteiger partial charge in [0.15, 0.2) is 0 Å². The molecule has 4 N–H and O–H groups in total. The number of amides is 2. The summed E-state index contributed by atoms with van der Waals surface area (Å²) in [5.74, 6) is -2.50. The molecule has 0 saturated carbocycles. The Morgan fingerprint density at radius 2 is 1.59 bits per heavy atom. The van der Waals surface area contributed by atoms with Crippen molar-refractivity contribution in [2.45, 2.75) is 76.3 Å². The van der Waals surface area contributed by atoms with E-state index < -0.39 is 44.5 Å². The Kier molecular flexibility index (Phi) is 10.9. The van der Waals surface area contributed by atoms with Crippen molar-refractivity contribution in [3.63, 3.8) is 0 Å². The third-order valence-electron chi connectivity index (χ3n) is 10.3. The number of carbonyl (C=O) groups is 3. The SMILES string of the molecule is CC(C)S(=O)(=O)NC(=O)c1ccc(CN2C[C@]3(c4cc(Cl)ccc42)[C@H](CC(C)(C)C)N[C@@H](C(=O)Nc2ccc(C(=O)O)cc2)[C@@H]3c2ccccc2Cl)cc1. The fraction of sp³-hybridized carbons (Fsp3) is 0.341. The van der Waals surface area contributed by atoms with Crippen LogP contribution in [0.5, 0.6) is 0 Å². The molecule has 1 fully saturated rings. The number of fused-ring (bicyclic) bond motifs is 2. The van der Waals surface area contributed by atoms with E-state index in [1.807, 2.05) is 54.6 Å². The Balaban J connectivity index is 1.42. The van der Waals surface area contributed by atoms with Crippen molar-refractivity contribution in [2.24, 2.45) is 5.41 Å². The number of nitrogens with one attached hydrogen (secondary N) is 3. The zero-order chi connectivity index (χ0) is 39.2. The Morgan fingerprint density at radius 1 is 0.944 bits per heavy atom. The highest BCUT2D eigenvalue weighted by atomic mass is 35.5. The van der Waals surface area contributed by atoms with E-state index in [2.05, 4.69) is 41.0 Å². The number of benzene rings is 4. The van der Waals surface area contributed by atoms with Crippen molar-refractivity contribution in [1.82, 2.24) is 10.0 Å². The second kappa shape index (κ2) is 15.0. The number of hydrogen-bond acceptors (Lipinski definition) is 7. The Hall–Kier alpha value is -4.42. The number of carboxylic acids is 1. The zero-order valence-electron chi connectivity index (χ0n) is 30.7. The van der Waals surface area contributed by atoms with Crippen LogP contribution in [0.2, 0.25) is 10.0 Å². The largest absolute Gasteiger partial charge is 0.478 e. The first kappa shape index (κ1) is 39.3. The van der Waals surface area contributed by atoms with Crippen molar-refractivity contribution in [2.75, 3.05) is 16.8 Å². The van der Waals surface area contributed by atoms with Crippen LogP contribution in [-0.4, -0.2) is 55.2 Å². The van der Waals surface area contributed by atoms with Crippen molar-refractivity contribution < 1.29 is 27.9 Å². The lowest BCUT2D eigenvalue weighted by Crippen LogP contribution is -2.48. The normalized spacial score (nSPS) is 21.0. The molecule has 2 heterocycles. The molecule has 2 aliphatic rings. The molecule has 0 unspecified atom stereocenters. The third-order valence-corrected chi connectivity index (χ3v) is 12.6. The number of carbonyl (C=O) groups excluding carboxylic acids is 2. The minimum absolute atomic E-state index is 0.113. The molecule has 1 spiro atoms. The van der Waals surface area contributed by atoms with Crippen LogP contribution < -0.4 is 20.3 Å². The molecule has 0 aromatic heterocycles. The molecule has 2 amide bonds. The van der Waals surface area contributed by atoms with Crippen molar-refractivity contribution in [1.29, 1.82) is 0 Å². The number of anilines is 2. The average Bonchev–Trinajstić information content (AvgIpc) is 3.58. The molecule has 4 aromatic rings. The molecule has 2 aliphatic heterocycles. The lowest BCUT2D eigenvalue weighted by Gasteiger charge is -2.40. The van der Waals surface area contributed by atoms with E-state index >= 15 is 0 Å². The van der Waals surface area contributed by atoms with Crippen molar-refractivity contribution >= 4 is 62.4 Å². The van der Waals surface area contributed by atoms with Gasteiger partial charge in [-0.25, -0.2) is 17.9 Å². The highest BCUT2D eigenvalue weighted by molar-refractivity contribution is 7.90. The number of aromatic carboxylic acids is 1. The number of carboxylic acid groups (broad SMARTS) is 1. The predicted molar refractivity (Wildman–Crippen MR) is 213 cm³/mol. The fourth-order valence-electron chi connectivity index (χ4n) is 7.79. The summed E-state index contributed by atoms with van der Waals surface area (Å²) in [7, 11) is -3.79. The molecular weight excluding hydrogens is 747 g/mol.